The van der Waals surface area contributed by atoms with Gasteiger partial charge in [0.15, 0.2) is 5.82 Å². The summed E-state index contributed by atoms with van der Waals surface area (Å²) in [6.07, 6.45) is 0. The van der Waals surface area contributed by atoms with Crippen molar-refractivity contribution in [3.63, 3.8) is 0 Å². The van der Waals surface area contributed by atoms with Crippen LogP contribution in [0.3, 0.4) is 0 Å². The fourth-order valence-electron chi connectivity index (χ4n) is 3.30. The van der Waals surface area contributed by atoms with E-state index in [9.17, 15) is 0 Å². The Balaban J connectivity index is 1.61. The molecule has 0 unspecified atom stereocenters. The van der Waals surface area contributed by atoms with Crippen LogP contribution in [-0.4, -0.2) is 17.1 Å². The van der Waals surface area contributed by atoms with Gasteiger partial charge in [0, 0.05) is 15.1 Å². The molecule has 1 aromatic heterocycles. The lowest BCUT2D eigenvalue weighted by molar-refractivity contribution is 0.414. The lowest BCUT2D eigenvalue weighted by atomic mass is 10.1. The van der Waals surface area contributed by atoms with Crippen LogP contribution in [0.2, 0.25) is 0 Å². The Morgan fingerprint density at radius 1 is 0.806 bits per heavy atom. The Kier molecular flexibility index (Phi) is 5.49. The van der Waals surface area contributed by atoms with Crippen LogP contribution >= 0.6 is 27.7 Å². The van der Waals surface area contributed by atoms with Crippen molar-refractivity contribution in [1.29, 1.82) is 0 Å². The molecule has 5 rings (SSSR count). The molecule has 0 aliphatic carbocycles. The normalized spacial score (nSPS) is 11.0. The molecule has 152 valence electrons. The number of rotatable bonds is 5. The van der Waals surface area contributed by atoms with Gasteiger partial charge in [-0.05, 0) is 71.4 Å². The van der Waals surface area contributed by atoms with Gasteiger partial charge in [0.25, 0.3) is 0 Å². The third kappa shape index (κ3) is 4.36. The highest BCUT2D eigenvalue weighted by atomic mass is 79.9. The fourth-order valence-corrected chi connectivity index (χ4v) is 4.40. The molecular weight excluding hydrogens is 470 g/mol. The Morgan fingerprint density at radius 2 is 1.45 bits per heavy atom. The predicted octanol–water partition coefficient (Wildman–Crippen LogP) is 7.45. The molecule has 0 bridgehead atoms. The zero-order valence-electron chi connectivity index (χ0n) is 16.7. The summed E-state index contributed by atoms with van der Waals surface area (Å²) in [5, 5.41) is 6.56. The highest BCUT2D eigenvalue weighted by Crippen LogP contribution is 2.35. The van der Waals surface area contributed by atoms with E-state index in [1.165, 1.54) is 0 Å². The first-order chi connectivity index (χ1) is 15.2. The number of aromatic nitrogens is 2. The monoisotopic (exact) mass is 487 g/mol. The first kappa shape index (κ1) is 19.8. The Bertz CT molecular complexity index is 1370. The number of halogens is 1. The van der Waals surface area contributed by atoms with E-state index < -0.39 is 0 Å². The van der Waals surface area contributed by atoms with E-state index in [0.717, 1.165) is 53.5 Å². The Morgan fingerprint density at radius 3 is 2.10 bits per heavy atom. The van der Waals surface area contributed by atoms with Crippen LogP contribution in [0.5, 0.6) is 5.75 Å². The molecule has 0 fully saturated rings. The predicted molar refractivity (Wildman–Crippen MR) is 132 cm³/mol. The molecule has 31 heavy (non-hydrogen) atoms. The van der Waals surface area contributed by atoms with Gasteiger partial charge in [-0.15, -0.1) is 0 Å². The van der Waals surface area contributed by atoms with Crippen molar-refractivity contribution in [3.05, 3.63) is 89.4 Å². The second kappa shape index (κ2) is 8.57. The molecule has 0 atom stereocenters. The van der Waals surface area contributed by atoms with Crippen molar-refractivity contribution in [2.75, 3.05) is 12.4 Å². The summed E-state index contributed by atoms with van der Waals surface area (Å²) in [6, 6.07) is 28.4. The van der Waals surface area contributed by atoms with Crippen LogP contribution in [-0.2, 0) is 0 Å². The molecule has 1 N–H and O–H groups in total. The maximum Gasteiger partial charge on any atom is 0.164 e. The summed E-state index contributed by atoms with van der Waals surface area (Å²) in [4.78, 5) is 11.0. The van der Waals surface area contributed by atoms with Crippen molar-refractivity contribution >= 4 is 61.0 Å². The minimum absolute atomic E-state index is 0.728. The number of benzene rings is 4. The van der Waals surface area contributed by atoms with Crippen molar-refractivity contribution in [1.82, 2.24) is 9.97 Å². The second-order valence-electron chi connectivity index (χ2n) is 6.97. The van der Waals surface area contributed by atoms with Gasteiger partial charge in [-0.2, -0.15) is 0 Å². The molecule has 0 radical (unpaired) electrons. The van der Waals surface area contributed by atoms with Crippen LogP contribution in [0.25, 0.3) is 21.8 Å². The zero-order chi connectivity index (χ0) is 21.2. The number of nitrogens with one attached hydrogen (secondary N) is 1. The second-order valence-corrected chi connectivity index (χ2v) is 8.95. The number of hydrogen-bond donors (Lipinski definition) is 1. The summed E-state index contributed by atoms with van der Waals surface area (Å²) in [6.45, 7) is 0. The minimum atomic E-state index is 0.728. The van der Waals surface area contributed by atoms with E-state index in [4.69, 9.17) is 14.7 Å². The van der Waals surface area contributed by atoms with Gasteiger partial charge in [-0.3, -0.25) is 0 Å². The minimum Gasteiger partial charge on any atom is -0.497 e. The average molecular weight is 488 g/mol. The molecule has 0 saturated heterocycles. The SMILES string of the molecule is COc1ccc(Sc2nc3cc4ccccc4cc3nc2Nc2ccc(Br)cc2)cc1. The van der Waals surface area contributed by atoms with Crippen LogP contribution < -0.4 is 10.1 Å². The maximum absolute atomic E-state index is 5.28. The molecule has 0 aliphatic rings. The van der Waals surface area contributed by atoms with Crippen LogP contribution in [0.1, 0.15) is 0 Å². The summed E-state index contributed by atoms with van der Waals surface area (Å²) in [5.74, 6) is 1.56. The van der Waals surface area contributed by atoms with Gasteiger partial charge in [0.2, 0.25) is 0 Å². The number of hydrogen-bond acceptors (Lipinski definition) is 5. The number of anilines is 2. The van der Waals surface area contributed by atoms with E-state index >= 15 is 0 Å². The molecular formula is C25H18BrN3OS. The molecule has 0 saturated carbocycles. The van der Waals surface area contributed by atoms with Crippen LogP contribution in [0.4, 0.5) is 11.5 Å². The third-order valence-electron chi connectivity index (χ3n) is 4.88. The zero-order valence-corrected chi connectivity index (χ0v) is 19.1. The Hall–Kier alpha value is -3.09. The summed E-state index contributed by atoms with van der Waals surface area (Å²) < 4.78 is 6.31. The average Bonchev–Trinajstić information content (AvgIpc) is 2.80. The Labute approximate surface area is 192 Å². The standard InChI is InChI=1S/C25H18BrN3OS/c1-30-20-10-12-21(13-11-20)31-25-24(27-19-8-6-18(26)7-9-19)28-22-14-16-4-2-3-5-17(16)15-23(22)29-25/h2-15H,1H3,(H,27,28). The maximum atomic E-state index is 5.28. The van der Waals surface area contributed by atoms with Gasteiger partial charge in [-0.25, -0.2) is 9.97 Å². The van der Waals surface area contributed by atoms with Crippen molar-refractivity contribution in [3.8, 4) is 5.75 Å². The lowest BCUT2D eigenvalue weighted by Gasteiger charge is -2.13. The quantitative estimate of drug-likeness (QED) is 0.261. The molecule has 6 heteroatoms. The molecule has 5 aromatic rings. The summed E-state index contributed by atoms with van der Waals surface area (Å²) in [5.41, 5.74) is 2.68. The van der Waals surface area contributed by atoms with E-state index in [0.29, 0.717) is 0 Å². The van der Waals surface area contributed by atoms with E-state index in [1.54, 1.807) is 18.9 Å². The van der Waals surface area contributed by atoms with Gasteiger partial charge in [0.05, 0.1) is 18.1 Å². The van der Waals surface area contributed by atoms with Crippen molar-refractivity contribution in [2.45, 2.75) is 9.92 Å². The van der Waals surface area contributed by atoms with Gasteiger partial charge in [0.1, 0.15) is 10.8 Å². The fraction of sp³-hybridized carbons (Fsp3) is 0.0400. The van der Waals surface area contributed by atoms with Crippen molar-refractivity contribution in [2.24, 2.45) is 0 Å². The van der Waals surface area contributed by atoms with Crippen LogP contribution in [0.15, 0.2) is 99.3 Å². The smallest absolute Gasteiger partial charge is 0.164 e. The molecule has 0 amide bonds. The number of ether oxygens (including phenoxy) is 1. The molecule has 4 aromatic carbocycles. The molecule has 0 aliphatic heterocycles. The van der Waals surface area contributed by atoms with E-state index in [-0.39, 0.29) is 0 Å². The van der Waals surface area contributed by atoms with Gasteiger partial charge in [-0.1, -0.05) is 52.0 Å². The number of fused-ring (bicyclic) bond motifs is 2. The molecule has 0 spiro atoms. The first-order valence-corrected chi connectivity index (χ1v) is 11.3. The first-order valence-electron chi connectivity index (χ1n) is 9.73. The third-order valence-corrected chi connectivity index (χ3v) is 6.40. The largest absolute Gasteiger partial charge is 0.497 e. The van der Waals surface area contributed by atoms with E-state index in [1.807, 2.05) is 60.7 Å². The van der Waals surface area contributed by atoms with E-state index in [2.05, 4.69) is 45.5 Å². The number of nitrogens with zero attached hydrogens (tertiary/aromatic N) is 2. The molecule has 1 heterocycles. The molecule has 4 nitrogen and oxygen atoms in total. The van der Waals surface area contributed by atoms with Crippen LogP contribution in [0, 0.1) is 0 Å². The summed E-state index contributed by atoms with van der Waals surface area (Å²) >= 11 is 5.06. The highest BCUT2D eigenvalue weighted by Gasteiger charge is 2.12. The van der Waals surface area contributed by atoms with Gasteiger partial charge >= 0.3 is 0 Å². The topological polar surface area (TPSA) is 47.0 Å². The van der Waals surface area contributed by atoms with Gasteiger partial charge < -0.3 is 10.1 Å². The number of methoxy groups -OCH3 is 1. The lowest BCUT2D eigenvalue weighted by Crippen LogP contribution is -1.99. The van der Waals surface area contributed by atoms with Crippen molar-refractivity contribution < 1.29 is 4.74 Å². The highest BCUT2D eigenvalue weighted by molar-refractivity contribution is 9.10. The summed E-state index contributed by atoms with van der Waals surface area (Å²) in [7, 11) is 1.67.